The number of furan rings is 1. The molecule has 18 heavy (non-hydrogen) atoms. The Morgan fingerprint density at radius 3 is 2.56 bits per heavy atom. The van der Waals surface area contributed by atoms with Gasteiger partial charge in [0, 0.05) is 17.3 Å². The molecule has 0 spiro atoms. The number of phenols is 1. The number of hydrogen-bond donors (Lipinski definition) is 2. The molecule has 2 N–H and O–H groups in total. The molecule has 0 saturated heterocycles. The molecule has 0 aliphatic carbocycles. The predicted octanol–water partition coefficient (Wildman–Crippen LogP) is 3.91. The highest BCUT2D eigenvalue weighted by Gasteiger charge is 2.13. The molecule has 1 heterocycles. The molecule has 1 atom stereocenters. The Kier molecular flexibility index (Phi) is 3.28. The van der Waals surface area contributed by atoms with Gasteiger partial charge < -0.3 is 14.8 Å². The van der Waals surface area contributed by atoms with Crippen molar-refractivity contribution in [2.45, 2.75) is 26.8 Å². The van der Waals surface area contributed by atoms with Crippen LogP contribution in [0.25, 0.3) is 0 Å². The maximum atomic E-state index is 13.2. The van der Waals surface area contributed by atoms with Gasteiger partial charge in [-0.15, -0.1) is 0 Å². The van der Waals surface area contributed by atoms with Crippen LogP contribution in [0.15, 0.2) is 28.7 Å². The largest absolute Gasteiger partial charge is 0.505 e. The average Bonchev–Trinajstić information content (AvgIpc) is 2.63. The van der Waals surface area contributed by atoms with Crippen LogP contribution in [-0.2, 0) is 0 Å². The number of nitrogens with one attached hydrogen (secondary N) is 1. The molecular formula is C14H16FNO2. The van der Waals surface area contributed by atoms with Crippen molar-refractivity contribution in [3.63, 3.8) is 0 Å². The van der Waals surface area contributed by atoms with Crippen LogP contribution >= 0.6 is 0 Å². The second kappa shape index (κ2) is 4.72. The van der Waals surface area contributed by atoms with Crippen LogP contribution in [-0.4, -0.2) is 5.11 Å². The van der Waals surface area contributed by atoms with Crippen LogP contribution in [0.1, 0.15) is 30.0 Å². The molecule has 0 fully saturated rings. The van der Waals surface area contributed by atoms with Gasteiger partial charge in [-0.1, -0.05) is 0 Å². The summed E-state index contributed by atoms with van der Waals surface area (Å²) in [6.45, 7) is 5.77. The van der Waals surface area contributed by atoms with Gasteiger partial charge in [0.1, 0.15) is 11.5 Å². The van der Waals surface area contributed by atoms with Crippen LogP contribution in [0.4, 0.5) is 10.1 Å². The fourth-order valence-electron chi connectivity index (χ4n) is 2.00. The lowest BCUT2D eigenvalue weighted by Gasteiger charge is -2.14. The van der Waals surface area contributed by atoms with Gasteiger partial charge >= 0.3 is 0 Å². The SMILES string of the molecule is Cc1cc(C(C)Nc2ccc(O)c(F)c2)c(C)o1. The smallest absolute Gasteiger partial charge is 0.166 e. The fourth-order valence-corrected chi connectivity index (χ4v) is 2.00. The number of phenolic OH excluding ortho intramolecular Hbond substituents is 1. The van der Waals surface area contributed by atoms with Crippen LogP contribution in [0.2, 0.25) is 0 Å². The molecule has 0 amide bonds. The summed E-state index contributed by atoms with van der Waals surface area (Å²) in [6.07, 6.45) is 0. The summed E-state index contributed by atoms with van der Waals surface area (Å²) in [5, 5.41) is 12.3. The Balaban J connectivity index is 2.18. The summed E-state index contributed by atoms with van der Waals surface area (Å²) < 4.78 is 18.7. The molecule has 1 aromatic carbocycles. The Morgan fingerprint density at radius 2 is 2.00 bits per heavy atom. The van der Waals surface area contributed by atoms with Crippen molar-refractivity contribution >= 4 is 5.69 Å². The number of rotatable bonds is 3. The first kappa shape index (κ1) is 12.5. The number of hydrogen-bond acceptors (Lipinski definition) is 3. The molecule has 0 radical (unpaired) electrons. The molecule has 0 aliphatic rings. The van der Waals surface area contributed by atoms with Gasteiger partial charge in [0.2, 0.25) is 0 Å². The molecule has 0 saturated carbocycles. The molecule has 1 aromatic heterocycles. The van der Waals surface area contributed by atoms with E-state index in [9.17, 15) is 4.39 Å². The van der Waals surface area contributed by atoms with Gasteiger partial charge in [0.25, 0.3) is 0 Å². The van der Waals surface area contributed by atoms with Crippen molar-refractivity contribution in [2.75, 3.05) is 5.32 Å². The van der Waals surface area contributed by atoms with E-state index in [2.05, 4.69) is 5.32 Å². The third-order valence-electron chi connectivity index (χ3n) is 2.88. The number of anilines is 1. The first-order chi connectivity index (χ1) is 8.47. The Bertz CT molecular complexity index is 563. The van der Waals surface area contributed by atoms with Crippen molar-refractivity contribution < 1.29 is 13.9 Å². The van der Waals surface area contributed by atoms with E-state index in [1.54, 1.807) is 6.07 Å². The van der Waals surface area contributed by atoms with Crippen molar-refractivity contribution in [1.82, 2.24) is 0 Å². The fraction of sp³-hybridized carbons (Fsp3) is 0.286. The summed E-state index contributed by atoms with van der Waals surface area (Å²) in [5.74, 6) is 0.732. The Morgan fingerprint density at radius 1 is 1.28 bits per heavy atom. The summed E-state index contributed by atoms with van der Waals surface area (Å²) in [7, 11) is 0. The number of aromatic hydroxyl groups is 1. The minimum absolute atomic E-state index is 0.00592. The standard InChI is InChI=1S/C14H16FNO2/c1-8-6-12(10(3)18-8)9(2)16-11-4-5-14(17)13(15)7-11/h4-7,9,16-17H,1-3H3. The Labute approximate surface area is 105 Å². The van der Waals surface area contributed by atoms with E-state index in [0.717, 1.165) is 17.1 Å². The van der Waals surface area contributed by atoms with Crippen molar-refractivity contribution in [2.24, 2.45) is 0 Å². The van der Waals surface area contributed by atoms with E-state index >= 15 is 0 Å². The number of aryl methyl sites for hydroxylation is 2. The number of halogens is 1. The predicted molar refractivity (Wildman–Crippen MR) is 68.3 cm³/mol. The van der Waals surface area contributed by atoms with E-state index in [-0.39, 0.29) is 11.8 Å². The maximum Gasteiger partial charge on any atom is 0.166 e. The summed E-state index contributed by atoms with van der Waals surface area (Å²) >= 11 is 0. The van der Waals surface area contributed by atoms with Gasteiger partial charge in [-0.3, -0.25) is 0 Å². The lowest BCUT2D eigenvalue weighted by Crippen LogP contribution is -2.06. The monoisotopic (exact) mass is 249 g/mol. The summed E-state index contributed by atoms with van der Waals surface area (Å²) in [6, 6.07) is 6.21. The van der Waals surface area contributed by atoms with Gasteiger partial charge in [0.05, 0.1) is 6.04 Å². The second-order valence-corrected chi connectivity index (χ2v) is 4.40. The lowest BCUT2D eigenvalue weighted by molar-refractivity contribution is 0.432. The van der Waals surface area contributed by atoms with Crippen LogP contribution in [0, 0.1) is 19.7 Å². The zero-order chi connectivity index (χ0) is 13.3. The van der Waals surface area contributed by atoms with E-state index in [4.69, 9.17) is 9.52 Å². The molecule has 0 aliphatic heterocycles. The highest BCUT2D eigenvalue weighted by atomic mass is 19.1. The minimum atomic E-state index is -0.632. The van der Waals surface area contributed by atoms with Gasteiger partial charge in [-0.2, -0.15) is 0 Å². The van der Waals surface area contributed by atoms with Gasteiger partial charge in [0.15, 0.2) is 11.6 Å². The average molecular weight is 249 g/mol. The molecule has 3 nitrogen and oxygen atoms in total. The molecule has 1 unspecified atom stereocenters. The highest BCUT2D eigenvalue weighted by Crippen LogP contribution is 2.26. The Hall–Kier alpha value is -1.97. The molecule has 96 valence electrons. The zero-order valence-corrected chi connectivity index (χ0v) is 10.6. The van der Waals surface area contributed by atoms with E-state index in [0.29, 0.717) is 5.69 Å². The number of benzene rings is 1. The topological polar surface area (TPSA) is 45.4 Å². The highest BCUT2D eigenvalue weighted by molar-refractivity contribution is 5.49. The molecule has 2 rings (SSSR count). The molecule has 0 bridgehead atoms. The minimum Gasteiger partial charge on any atom is -0.505 e. The first-order valence-corrected chi connectivity index (χ1v) is 5.79. The normalized spacial score (nSPS) is 12.4. The van der Waals surface area contributed by atoms with Crippen LogP contribution in [0.5, 0.6) is 5.75 Å². The van der Waals surface area contributed by atoms with Crippen molar-refractivity contribution in [1.29, 1.82) is 0 Å². The quantitative estimate of drug-likeness (QED) is 0.810. The van der Waals surface area contributed by atoms with Crippen LogP contribution < -0.4 is 5.32 Å². The van der Waals surface area contributed by atoms with Crippen molar-refractivity contribution in [3.8, 4) is 5.75 Å². The summed E-state index contributed by atoms with van der Waals surface area (Å²) in [4.78, 5) is 0. The molecule has 2 aromatic rings. The van der Waals surface area contributed by atoms with Crippen LogP contribution in [0.3, 0.4) is 0 Å². The first-order valence-electron chi connectivity index (χ1n) is 5.79. The van der Waals surface area contributed by atoms with E-state index in [1.807, 2.05) is 26.8 Å². The van der Waals surface area contributed by atoms with E-state index in [1.165, 1.54) is 12.1 Å². The van der Waals surface area contributed by atoms with Crippen molar-refractivity contribution in [3.05, 3.63) is 47.2 Å². The molecular weight excluding hydrogens is 233 g/mol. The maximum absolute atomic E-state index is 13.2. The lowest BCUT2D eigenvalue weighted by atomic mass is 10.1. The van der Waals surface area contributed by atoms with Gasteiger partial charge in [-0.25, -0.2) is 4.39 Å². The zero-order valence-electron chi connectivity index (χ0n) is 10.6. The van der Waals surface area contributed by atoms with Gasteiger partial charge in [-0.05, 0) is 39.0 Å². The molecule has 4 heteroatoms. The third kappa shape index (κ3) is 2.47. The summed E-state index contributed by atoms with van der Waals surface area (Å²) in [5.41, 5.74) is 1.66. The third-order valence-corrected chi connectivity index (χ3v) is 2.88. The van der Waals surface area contributed by atoms with E-state index < -0.39 is 5.82 Å². The second-order valence-electron chi connectivity index (χ2n) is 4.40.